The fourth-order valence-corrected chi connectivity index (χ4v) is 6.73. The Balaban J connectivity index is 1.38. The summed E-state index contributed by atoms with van der Waals surface area (Å²) in [6.07, 6.45) is 1.21. The highest BCUT2D eigenvalue weighted by Gasteiger charge is 2.30. The lowest BCUT2D eigenvalue weighted by molar-refractivity contribution is -0.127. The Morgan fingerprint density at radius 2 is 1.26 bits per heavy atom. The molecule has 1 aliphatic carbocycles. The lowest BCUT2D eigenvalue weighted by Gasteiger charge is -2.29. The fourth-order valence-electron chi connectivity index (χ4n) is 6.73. The Hall–Kier alpha value is -6.03. The molecule has 340 valence electrons. The van der Waals surface area contributed by atoms with Crippen LogP contribution in [0.1, 0.15) is 110 Å². The molecule has 1 aliphatic rings. The molecule has 0 unspecified atom stereocenters. The van der Waals surface area contributed by atoms with E-state index in [0.717, 1.165) is 22.3 Å². The number of carbonyl (C=O) groups excluding carboxylic acids is 6. The molecule has 18 nitrogen and oxygen atoms in total. The largest absolute Gasteiger partial charge is 0.449 e. The number of primary amides is 1. The molecule has 0 aliphatic heterocycles. The van der Waals surface area contributed by atoms with Crippen LogP contribution in [-0.4, -0.2) is 115 Å². The van der Waals surface area contributed by atoms with Crippen molar-refractivity contribution in [1.82, 2.24) is 25.8 Å². The maximum atomic E-state index is 13.0. The van der Waals surface area contributed by atoms with Gasteiger partial charge in [-0.25, -0.2) is 14.4 Å². The van der Waals surface area contributed by atoms with Crippen LogP contribution in [0.3, 0.4) is 0 Å². The lowest BCUT2D eigenvalue weighted by atomic mass is 9.98. The Labute approximate surface area is 364 Å². The Morgan fingerprint density at radius 3 is 1.79 bits per heavy atom. The summed E-state index contributed by atoms with van der Waals surface area (Å²) in [7, 11) is 0. The first-order valence-electron chi connectivity index (χ1n) is 21.3. The number of ether oxygens (including phenoxy) is 3. The van der Waals surface area contributed by atoms with E-state index in [1.807, 2.05) is 48.5 Å². The number of fused-ring (bicyclic) bond motifs is 3. The quantitative estimate of drug-likeness (QED) is 0.0295. The number of hydrogen-bond acceptors (Lipinski definition) is 10. The van der Waals surface area contributed by atoms with E-state index in [1.54, 1.807) is 46.4 Å². The van der Waals surface area contributed by atoms with E-state index in [1.165, 1.54) is 4.90 Å². The number of nitrogens with two attached hydrogens (primary N) is 1. The molecule has 2 aromatic carbocycles. The van der Waals surface area contributed by atoms with Crippen LogP contribution in [0.2, 0.25) is 0 Å². The highest BCUT2D eigenvalue weighted by atomic mass is 16.6. The average Bonchev–Trinajstić information content (AvgIpc) is 3.51. The number of benzene rings is 2. The molecule has 0 bridgehead atoms. The minimum absolute atomic E-state index is 0.0465. The molecule has 62 heavy (non-hydrogen) atoms. The summed E-state index contributed by atoms with van der Waals surface area (Å²) < 4.78 is 16.7. The van der Waals surface area contributed by atoms with Crippen molar-refractivity contribution in [2.24, 2.45) is 10.8 Å². The van der Waals surface area contributed by atoms with Gasteiger partial charge in [0.1, 0.15) is 23.9 Å². The van der Waals surface area contributed by atoms with E-state index in [2.05, 4.69) is 26.0 Å². The highest BCUT2D eigenvalue weighted by Crippen LogP contribution is 2.44. The van der Waals surface area contributed by atoms with Gasteiger partial charge >= 0.3 is 18.3 Å². The van der Waals surface area contributed by atoms with Crippen molar-refractivity contribution in [2.75, 3.05) is 52.4 Å². The number of carbonyl (C=O) groups is 6. The molecule has 3 rings (SSSR count). The summed E-state index contributed by atoms with van der Waals surface area (Å²) in [6.45, 7) is 12.7. The van der Waals surface area contributed by atoms with Crippen molar-refractivity contribution < 1.29 is 43.0 Å². The lowest BCUT2D eigenvalue weighted by Crippen LogP contribution is -2.49. The number of nitrogens with one attached hydrogen (secondary N) is 3. The molecule has 0 spiro atoms. The maximum absolute atomic E-state index is 13.0. The maximum Gasteiger partial charge on any atom is 0.410 e. The van der Waals surface area contributed by atoms with Crippen LogP contribution in [0.5, 0.6) is 0 Å². The minimum Gasteiger partial charge on any atom is -0.449 e. The minimum atomic E-state index is -1.21. The molecule has 0 radical (unpaired) electrons. The van der Waals surface area contributed by atoms with Gasteiger partial charge in [-0.2, -0.15) is 0 Å². The summed E-state index contributed by atoms with van der Waals surface area (Å²) in [5.74, 6) is -1.73. The highest BCUT2D eigenvalue weighted by molar-refractivity contribution is 5.90. The first-order chi connectivity index (χ1) is 29.4. The second-order valence-corrected chi connectivity index (χ2v) is 17.1. The number of alkyl carbamates (subject to hydrolysis) is 1. The van der Waals surface area contributed by atoms with Gasteiger partial charge in [0, 0.05) is 63.1 Å². The zero-order valence-corrected chi connectivity index (χ0v) is 37.1. The molecule has 0 heterocycles. The molecule has 6 amide bonds. The monoisotopic (exact) mass is 863 g/mol. The van der Waals surface area contributed by atoms with Gasteiger partial charge in [0.25, 0.3) is 0 Å². The Kier molecular flexibility index (Phi) is 20.3. The van der Waals surface area contributed by atoms with E-state index in [4.69, 9.17) is 25.5 Å². The number of rotatable bonds is 24. The van der Waals surface area contributed by atoms with E-state index in [0.29, 0.717) is 64.7 Å². The molecule has 1 atom stereocenters. The standard InChI is InChI=1S/C44H65N9O9/c1-43(2,3)61-41(58)52(27-16-24-49-51-46)25-14-15-26-53(42(59)62-44(4,5)6)28-21-38(55)47-22-12-7-13-23-48-39(56)36(29-37(45)54)50-40(57)60-30-35-33-19-10-8-17-31(33)32-18-9-11-20-34(32)35/h8-11,17-20,35-36H,7,12-16,21-30H2,1-6H3,(H2,45,54)(H,47,55)(H,48,56)(H,50,57)/t36-/m0/s1. The molecular formula is C44H65N9O9. The molecular weight excluding hydrogens is 799 g/mol. The van der Waals surface area contributed by atoms with Crippen LogP contribution in [0, 0.1) is 0 Å². The predicted octanol–water partition coefficient (Wildman–Crippen LogP) is 6.52. The van der Waals surface area contributed by atoms with Crippen LogP contribution in [-0.2, 0) is 28.6 Å². The van der Waals surface area contributed by atoms with Crippen molar-refractivity contribution in [3.05, 3.63) is 70.1 Å². The van der Waals surface area contributed by atoms with Crippen molar-refractivity contribution in [1.29, 1.82) is 0 Å². The summed E-state index contributed by atoms with van der Waals surface area (Å²) in [6, 6.07) is 14.6. The van der Waals surface area contributed by atoms with Crippen LogP contribution in [0.15, 0.2) is 53.6 Å². The van der Waals surface area contributed by atoms with Crippen molar-refractivity contribution in [2.45, 2.75) is 116 Å². The van der Waals surface area contributed by atoms with E-state index in [-0.39, 0.29) is 44.5 Å². The van der Waals surface area contributed by atoms with E-state index >= 15 is 0 Å². The normalized spacial score (nSPS) is 12.4. The topological polar surface area (TPSA) is 247 Å². The molecule has 0 saturated heterocycles. The molecule has 18 heteroatoms. The number of hydrogen-bond donors (Lipinski definition) is 4. The molecule has 0 aromatic heterocycles. The van der Waals surface area contributed by atoms with Crippen molar-refractivity contribution in [3.8, 4) is 11.1 Å². The van der Waals surface area contributed by atoms with Crippen LogP contribution in [0.25, 0.3) is 21.6 Å². The van der Waals surface area contributed by atoms with Gasteiger partial charge in [0.2, 0.25) is 17.7 Å². The van der Waals surface area contributed by atoms with Crippen LogP contribution >= 0.6 is 0 Å². The first kappa shape index (κ1) is 50.3. The van der Waals surface area contributed by atoms with Crippen molar-refractivity contribution in [3.63, 3.8) is 0 Å². The van der Waals surface area contributed by atoms with Crippen molar-refractivity contribution >= 4 is 36.0 Å². The average molecular weight is 864 g/mol. The summed E-state index contributed by atoms with van der Waals surface area (Å²) in [5, 5.41) is 11.6. The second-order valence-electron chi connectivity index (χ2n) is 17.1. The third-order valence-corrected chi connectivity index (χ3v) is 9.60. The zero-order chi connectivity index (χ0) is 45.7. The van der Waals surface area contributed by atoms with Gasteiger partial charge in [0.15, 0.2) is 0 Å². The summed E-state index contributed by atoms with van der Waals surface area (Å²) in [4.78, 5) is 81.9. The molecule has 0 saturated carbocycles. The number of azide groups is 1. The predicted molar refractivity (Wildman–Crippen MR) is 234 cm³/mol. The smallest absolute Gasteiger partial charge is 0.410 e. The summed E-state index contributed by atoms with van der Waals surface area (Å²) in [5.41, 5.74) is 16.8. The number of unbranched alkanes of at least 4 members (excludes halogenated alkanes) is 3. The third-order valence-electron chi connectivity index (χ3n) is 9.60. The molecule has 2 aromatic rings. The van der Waals surface area contributed by atoms with Gasteiger partial charge in [-0.15, -0.1) is 0 Å². The van der Waals surface area contributed by atoms with E-state index in [9.17, 15) is 28.8 Å². The number of amides is 6. The summed E-state index contributed by atoms with van der Waals surface area (Å²) >= 11 is 0. The second kappa shape index (κ2) is 25.0. The number of nitrogens with zero attached hydrogens (tertiary/aromatic N) is 5. The van der Waals surface area contributed by atoms with Gasteiger partial charge in [-0.3, -0.25) is 14.4 Å². The first-order valence-corrected chi connectivity index (χ1v) is 21.3. The Morgan fingerprint density at radius 1 is 0.742 bits per heavy atom. The van der Waals surface area contributed by atoms with Gasteiger partial charge in [0.05, 0.1) is 6.42 Å². The SMILES string of the molecule is CC(C)(C)OC(=O)N(CCCCN(CCC(=O)NCCCCCNC(=O)[C@H](CC(N)=O)NC(=O)OCC1c2ccccc2-c2ccccc21)C(=O)OC(C)(C)C)CCCN=[N+]=[N-]. The van der Waals surface area contributed by atoms with E-state index < -0.39 is 53.8 Å². The van der Waals surface area contributed by atoms with Crippen LogP contribution in [0.4, 0.5) is 14.4 Å². The van der Waals surface area contributed by atoms with Crippen LogP contribution < -0.4 is 21.7 Å². The van der Waals surface area contributed by atoms with Gasteiger partial charge in [-0.1, -0.05) is 53.6 Å². The fraction of sp³-hybridized carbons (Fsp3) is 0.591. The Bertz CT molecular complexity index is 1830. The third kappa shape index (κ3) is 18.3. The molecule has 0 fully saturated rings. The zero-order valence-electron chi connectivity index (χ0n) is 37.1. The van der Waals surface area contributed by atoms with Gasteiger partial charge in [-0.05, 0) is 108 Å². The molecule has 5 N–H and O–H groups in total. The van der Waals surface area contributed by atoms with Gasteiger partial charge < -0.3 is 45.7 Å².